The Labute approximate surface area is 126 Å². The summed E-state index contributed by atoms with van der Waals surface area (Å²) in [5.74, 6) is -0.856. The molecule has 1 amide bonds. The quantitative estimate of drug-likeness (QED) is 0.919. The molecule has 0 spiro atoms. The van der Waals surface area contributed by atoms with E-state index in [0.29, 0.717) is 42.1 Å². The van der Waals surface area contributed by atoms with Crippen molar-refractivity contribution in [2.45, 2.75) is 24.7 Å². The van der Waals surface area contributed by atoms with Gasteiger partial charge in [0.25, 0.3) is 5.91 Å². The molecule has 1 aromatic rings. The van der Waals surface area contributed by atoms with Gasteiger partial charge in [0.1, 0.15) is 0 Å². The Morgan fingerprint density at radius 3 is 2.48 bits per heavy atom. The molecule has 6 heteroatoms. The highest BCUT2D eigenvalue weighted by molar-refractivity contribution is 7.85. The van der Waals surface area contributed by atoms with Crippen molar-refractivity contribution in [3.63, 3.8) is 0 Å². The molecule has 1 saturated heterocycles. The minimum atomic E-state index is -1.18. The minimum absolute atomic E-state index is 0.156. The molecular formula is C15H19NO4S. The zero-order chi connectivity index (χ0) is 15.4. The van der Waals surface area contributed by atoms with Gasteiger partial charge in [-0.3, -0.25) is 13.8 Å². The van der Waals surface area contributed by atoms with E-state index >= 15 is 0 Å². The first-order valence-corrected chi connectivity index (χ1v) is 8.36. The van der Waals surface area contributed by atoms with Crippen molar-refractivity contribution in [1.29, 1.82) is 0 Å². The van der Waals surface area contributed by atoms with Gasteiger partial charge in [-0.25, -0.2) is 0 Å². The number of carboxylic acids is 1. The topological polar surface area (TPSA) is 74.7 Å². The van der Waals surface area contributed by atoms with Crippen molar-refractivity contribution in [2.75, 3.05) is 18.8 Å². The normalized spacial score (nSPS) is 17.5. The Morgan fingerprint density at radius 1 is 1.29 bits per heavy atom. The van der Waals surface area contributed by atoms with Crippen LogP contribution < -0.4 is 0 Å². The van der Waals surface area contributed by atoms with E-state index in [0.717, 1.165) is 0 Å². The lowest BCUT2D eigenvalue weighted by Crippen LogP contribution is -2.40. The van der Waals surface area contributed by atoms with Gasteiger partial charge in [-0.15, -0.1) is 0 Å². The zero-order valence-electron chi connectivity index (χ0n) is 11.9. The summed E-state index contributed by atoms with van der Waals surface area (Å²) in [6.45, 7) is 2.68. The molecule has 0 aliphatic carbocycles. The van der Waals surface area contributed by atoms with Crippen LogP contribution in [0.3, 0.4) is 0 Å². The van der Waals surface area contributed by atoms with E-state index in [4.69, 9.17) is 5.11 Å². The lowest BCUT2D eigenvalue weighted by atomic mass is 9.96. The number of rotatable bonds is 4. The standard InChI is InChI=1S/C15H19NO4S/c1-2-21(20)13-6-4-3-5-12(13)14(17)16-9-7-11(8-10-16)15(18)19/h3-6,11H,2,7-10H2,1H3,(H,18,19). The highest BCUT2D eigenvalue weighted by Crippen LogP contribution is 2.22. The summed E-state index contributed by atoms with van der Waals surface area (Å²) in [7, 11) is -1.18. The minimum Gasteiger partial charge on any atom is -0.481 e. The van der Waals surface area contributed by atoms with E-state index in [1.165, 1.54) is 0 Å². The molecule has 1 fully saturated rings. The van der Waals surface area contributed by atoms with Gasteiger partial charge in [-0.05, 0) is 25.0 Å². The van der Waals surface area contributed by atoms with Crippen molar-refractivity contribution in [3.05, 3.63) is 29.8 Å². The highest BCUT2D eigenvalue weighted by Gasteiger charge is 2.28. The Bertz CT molecular complexity index is 565. The Balaban J connectivity index is 2.15. The number of hydrogen-bond donors (Lipinski definition) is 1. The van der Waals surface area contributed by atoms with Crippen LogP contribution in [0.25, 0.3) is 0 Å². The summed E-state index contributed by atoms with van der Waals surface area (Å²) in [6.07, 6.45) is 0.945. The SMILES string of the molecule is CCS(=O)c1ccccc1C(=O)N1CCC(C(=O)O)CC1. The third kappa shape index (κ3) is 3.50. The number of carbonyl (C=O) groups is 2. The van der Waals surface area contributed by atoms with Crippen molar-refractivity contribution < 1.29 is 18.9 Å². The van der Waals surface area contributed by atoms with Gasteiger partial charge in [0.05, 0.1) is 27.2 Å². The fraction of sp³-hybridized carbons (Fsp3) is 0.467. The van der Waals surface area contributed by atoms with E-state index in [1.807, 2.05) is 6.92 Å². The summed E-state index contributed by atoms with van der Waals surface area (Å²) in [6, 6.07) is 6.94. The first kappa shape index (κ1) is 15.7. The lowest BCUT2D eigenvalue weighted by molar-refractivity contribution is -0.143. The van der Waals surface area contributed by atoms with E-state index in [2.05, 4.69) is 0 Å². The number of likely N-dealkylation sites (tertiary alicyclic amines) is 1. The van der Waals surface area contributed by atoms with E-state index < -0.39 is 16.8 Å². The maximum atomic E-state index is 12.6. The van der Waals surface area contributed by atoms with Crippen LogP contribution in [-0.2, 0) is 15.6 Å². The number of hydrogen-bond acceptors (Lipinski definition) is 3. The van der Waals surface area contributed by atoms with Gasteiger partial charge in [0.2, 0.25) is 0 Å². The molecule has 1 aromatic carbocycles. The second kappa shape index (κ2) is 6.85. The Kier molecular flexibility index (Phi) is 5.12. The summed E-state index contributed by atoms with van der Waals surface area (Å²) in [4.78, 5) is 25.7. The first-order valence-electron chi connectivity index (χ1n) is 7.04. The molecule has 0 saturated carbocycles. The third-order valence-electron chi connectivity index (χ3n) is 3.76. The van der Waals surface area contributed by atoms with Crippen LogP contribution in [0.2, 0.25) is 0 Å². The smallest absolute Gasteiger partial charge is 0.306 e. The molecule has 1 aliphatic rings. The number of piperidine rings is 1. The molecule has 2 rings (SSSR count). The van der Waals surface area contributed by atoms with Gasteiger partial charge in [-0.1, -0.05) is 19.1 Å². The molecule has 21 heavy (non-hydrogen) atoms. The molecule has 0 radical (unpaired) electrons. The van der Waals surface area contributed by atoms with Gasteiger partial charge in [-0.2, -0.15) is 0 Å². The van der Waals surface area contributed by atoms with Crippen LogP contribution in [0.4, 0.5) is 0 Å². The Morgan fingerprint density at radius 2 is 1.90 bits per heavy atom. The summed E-state index contributed by atoms with van der Waals surface area (Å²) in [5, 5.41) is 8.99. The third-order valence-corrected chi connectivity index (χ3v) is 5.13. The Hall–Kier alpha value is -1.69. The van der Waals surface area contributed by atoms with Gasteiger partial charge < -0.3 is 10.0 Å². The van der Waals surface area contributed by atoms with Crippen LogP contribution in [0, 0.1) is 5.92 Å². The lowest BCUT2D eigenvalue weighted by Gasteiger charge is -2.30. The van der Waals surface area contributed by atoms with Crippen LogP contribution in [-0.4, -0.2) is 44.9 Å². The number of benzene rings is 1. The summed E-state index contributed by atoms with van der Waals surface area (Å²) < 4.78 is 12.0. The van der Waals surface area contributed by atoms with Crippen molar-refractivity contribution in [2.24, 2.45) is 5.92 Å². The summed E-state index contributed by atoms with van der Waals surface area (Å²) in [5.41, 5.74) is 0.464. The van der Waals surface area contributed by atoms with Crippen LogP contribution in [0.1, 0.15) is 30.1 Å². The molecule has 5 nitrogen and oxygen atoms in total. The predicted molar refractivity (Wildman–Crippen MR) is 79.7 cm³/mol. The molecule has 1 unspecified atom stereocenters. The zero-order valence-corrected chi connectivity index (χ0v) is 12.8. The average Bonchev–Trinajstić information content (AvgIpc) is 2.53. The number of nitrogens with zero attached hydrogens (tertiary/aromatic N) is 1. The highest BCUT2D eigenvalue weighted by atomic mass is 32.2. The number of carboxylic acid groups (broad SMARTS) is 1. The molecule has 0 bridgehead atoms. The molecular weight excluding hydrogens is 290 g/mol. The molecule has 0 aromatic heterocycles. The van der Waals surface area contributed by atoms with Crippen molar-refractivity contribution >= 4 is 22.7 Å². The van der Waals surface area contributed by atoms with E-state index in [-0.39, 0.29) is 11.8 Å². The first-order chi connectivity index (χ1) is 10.0. The number of amides is 1. The van der Waals surface area contributed by atoms with Crippen LogP contribution >= 0.6 is 0 Å². The van der Waals surface area contributed by atoms with Gasteiger partial charge in [0, 0.05) is 18.8 Å². The molecule has 1 aliphatic heterocycles. The largest absolute Gasteiger partial charge is 0.481 e. The van der Waals surface area contributed by atoms with E-state index in [9.17, 15) is 13.8 Å². The summed E-state index contributed by atoms with van der Waals surface area (Å²) >= 11 is 0. The van der Waals surface area contributed by atoms with Gasteiger partial charge >= 0.3 is 5.97 Å². The molecule has 1 heterocycles. The molecule has 1 atom stereocenters. The maximum Gasteiger partial charge on any atom is 0.306 e. The fourth-order valence-corrected chi connectivity index (χ4v) is 3.44. The van der Waals surface area contributed by atoms with Crippen molar-refractivity contribution in [3.8, 4) is 0 Å². The molecule has 114 valence electrons. The fourth-order valence-electron chi connectivity index (χ4n) is 2.50. The van der Waals surface area contributed by atoms with Crippen molar-refractivity contribution in [1.82, 2.24) is 4.90 Å². The van der Waals surface area contributed by atoms with Gasteiger partial charge in [0.15, 0.2) is 0 Å². The monoisotopic (exact) mass is 309 g/mol. The second-order valence-corrected chi connectivity index (χ2v) is 6.74. The average molecular weight is 309 g/mol. The van der Waals surface area contributed by atoms with Crippen LogP contribution in [0.15, 0.2) is 29.2 Å². The molecule has 1 N–H and O–H groups in total. The number of carbonyl (C=O) groups excluding carboxylic acids is 1. The predicted octanol–water partition coefficient (Wildman–Crippen LogP) is 1.75. The maximum absolute atomic E-state index is 12.6. The number of aliphatic carboxylic acids is 1. The van der Waals surface area contributed by atoms with E-state index in [1.54, 1.807) is 29.2 Å². The van der Waals surface area contributed by atoms with Crippen LogP contribution in [0.5, 0.6) is 0 Å². The second-order valence-electron chi connectivity index (χ2n) is 5.04.